The third-order valence-electron chi connectivity index (χ3n) is 3.08. The molecule has 3 rings (SSSR count). The smallest absolute Gasteiger partial charge is 0.141 e. The summed E-state index contributed by atoms with van der Waals surface area (Å²) in [5.41, 5.74) is 1.02. The van der Waals surface area contributed by atoms with E-state index in [1.807, 2.05) is 25.4 Å². The van der Waals surface area contributed by atoms with Crippen molar-refractivity contribution in [3.63, 3.8) is 0 Å². The molecule has 0 saturated carbocycles. The van der Waals surface area contributed by atoms with Crippen LogP contribution in [-0.2, 0) is 13.1 Å². The van der Waals surface area contributed by atoms with Gasteiger partial charge in [-0.05, 0) is 41.1 Å². The summed E-state index contributed by atoms with van der Waals surface area (Å²) in [6.07, 6.45) is 5.92. The number of aromatic nitrogens is 4. The third kappa shape index (κ3) is 2.06. The molecule has 92 valence electrons. The largest absolute Gasteiger partial charge is 0.333 e. The van der Waals surface area contributed by atoms with Gasteiger partial charge in [0.05, 0.1) is 0 Å². The summed E-state index contributed by atoms with van der Waals surface area (Å²) in [6, 6.07) is 6.13. The Hall–Kier alpha value is -1.62. The van der Waals surface area contributed by atoms with Crippen molar-refractivity contribution in [2.24, 2.45) is 0 Å². The van der Waals surface area contributed by atoms with Gasteiger partial charge in [0.2, 0.25) is 0 Å². The standard InChI is InChI=1S/C13H13BrN4/c1-10-15-5-7-17(10)8-9-18-6-4-11-2-3-12(14)16-13(11)18/h2-7H,8-9H2,1H3. The highest BCUT2D eigenvalue weighted by Crippen LogP contribution is 2.17. The van der Waals surface area contributed by atoms with E-state index in [1.54, 1.807) is 0 Å². The Balaban J connectivity index is 1.87. The molecule has 3 aromatic rings. The first kappa shape index (κ1) is 11.5. The van der Waals surface area contributed by atoms with Crippen LogP contribution in [0.4, 0.5) is 0 Å². The molecule has 0 N–H and O–H groups in total. The fraction of sp³-hybridized carbons (Fsp3) is 0.231. The lowest BCUT2D eigenvalue weighted by Crippen LogP contribution is -2.07. The molecule has 5 heteroatoms. The molecular weight excluding hydrogens is 292 g/mol. The molecule has 0 unspecified atom stereocenters. The zero-order chi connectivity index (χ0) is 12.5. The lowest BCUT2D eigenvalue weighted by atomic mass is 10.3. The van der Waals surface area contributed by atoms with Crippen LogP contribution >= 0.6 is 15.9 Å². The summed E-state index contributed by atoms with van der Waals surface area (Å²) >= 11 is 3.41. The number of nitrogens with zero attached hydrogens (tertiary/aromatic N) is 4. The van der Waals surface area contributed by atoms with Gasteiger partial charge >= 0.3 is 0 Å². The first-order valence-corrected chi connectivity index (χ1v) is 6.62. The maximum absolute atomic E-state index is 4.51. The molecule has 0 amide bonds. The number of fused-ring (bicyclic) bond motifs is 1. The Morgan fingerprint density at radius 3 is 2.72 bits per heavy atom. The topological polar surface area (TPSA) is 35.6 Å². The highest BCUT2D eigenvalue weighted by molar-refractivity contribution is 9.10. The van der Waals surface area contributed by atoms with Crippen LogP contribution in [0.15, 0.2) is 41.4 Å². The van der Waals surface area contributed by atoms with Crippen molar-refractivity contribution in [1.82, 2.24) is 19.1 Å². The predicted octanol–water partition coefficient (Wildman–Crippen LogP) is 3.00. The van der Waals surface area contributed by atoms with Crippen molar-refractivity contribution >= 4 is 27.0 Å². The van der Waals surface area contributed by atoms with E-state index in [-0.39, 0.29) is 0 Å². The maximum Gasteiger partial charge on any atom is 0.141 e. The van der Waals surface area contributed by atoms with Crippen LogP contribution in [0.1, 0.15) is 5.82 Å². The van der Waals surface area contributed by atoms with Gasteiger partial charge in [0.1, 0.15) is 16.1 Å². The lowest BCUT2D eigenvalue weighted by molar-refractivity contribution is 0.577. The molecule has 0 spiro atoms. The first-order valence-electron chi connectivity index (χ1n) is 5.83. The average Bonchev–Trinajstić information content (AvgIpc) is 2.93. The Morgan fingerprint density at radius 1 is 1.11 bits per heavy atom. The monoisotopic (exact) mass is 304 g/mol. The molecule has 4 nitrogen and oxygen atoms in total. The number of hydrogen-bond acceptors (Lipinski definition) is 2. The normalized spacial score (nSPS) is 11.2. The predicted molar refractivity (Wildman–Crippen MR) is 74.4 cm³/mol. The maximum atomic E-state index is 4.51. The molecular formula is C13H13BrN4. The van der Waals surface area contributed by atoms with Crippen molar-refractivity contribution in [3.8, 4) is 0 Å². The van der Waals surface area contributed by atoms with E-state index in [9.17, 15) is 0 Å². The summed E-state index contributed by atoms with van der Waals surface area (Å²) in [5, 5.41) is 1.17. The lowest BCUT2D eigenvalue weighted by Gasteiger charge is -2.07. The Morgan fingerprint density at radius 2 is 1.94 bits per heavy atom. The Labute approximate surface area is 113 Å². The molecule has 3 aromatic heterocycles. The SMILES string of the molecule is Cc1nccn1CCn1ccc2ccc(Br)nc21. The number of pyridine rings is 1. The summed E-state index contributed by atoms with van der Waals surface area (Å²) in [5.74, 6) is 1.04. The van der Waals surface area contributed by atoms with Crippen LogP contribution in [-0.4, -0.2) is 19.1 Å². The molecule has 0 fully saturated rings. The molecule has 0 bridgehead atoms. The van der Waals surface area contributed by atoms with Gasteiger partial charge in [0.15, 0.2) is 0 Å². The second kappa shape index (κ2) is 4.57. The molecule has 0 radical (unpaired) electrons. The molecule has 0 aliphatic heterocycles. The summed E-state index contributed by atoms with van der Waals surface area (Å²) in [4.78, 5) is 8.74. The molecule has 0 aliphatic carbocycles. The van der Waals surface area contributed by atoms with E-state index in [2.05, 4.69) is 53.4 Å². The van der Waals surface area contributed by atoms with Gasteiger partial charge in [0, 0.05) is 37.1 Å². The van der Waals surface area contributed by atoms with E-state index in [0.717, 1.165) is 29.2 Å². The number of imidazole rings is 1. The van der Waals surface area contributed by atoms with Crippen molar-refractivity contribution in [2.45, 2.75) is 20.0 Å². The van der Waals surface area contributed by atoms with Crippen molar-refractivity contribution < 1.29 is 0 Å². The van der Waals surface area contributed by atoms with Gasteiger partial charge in [-0.3, -0.25) is 0 Å². The highest BCUT2D eigenvalue weighted by Gasteiger charge is 2.04. The van der Waals surface area contributed by atoms with Gasteiger partial charge in [-0.15, -0.1) is 0 Å². The van der Waals surface area contributed by atoms with Crippen molar-refractivity contribution in [3.05, 3.63) is 47.2 Å². The fourth-order valence-corrected chi connectivity index (χ4v) is 2.37. The van der Waals surface area contributed by atoms with Crippen molar-refractivity contribution in [2.75, 3.05) is 0 Å². The fourth-order valence-electron chi connectivity index (χ4n) is 2.07. The molecule has 18 heavy (non-hydrogen) atoms. The van der Waals surface area contributed by atoms with Crippen LogP contribution in [0, 0.1) is 6.92 Å². The van der Waals surface area contributed by atoms with Gasteiger partial charge in [-0.2, -0.15) is 0 Å². The number of aryl methyl sites for hydroxylation is 3. The summed E-state index contributed by atoms with van der Waals surface area (Å²) in [7, 11) is 0. The second-order valence-corrected chi connectivity index (χ2v) is 5.04. The Kier molecular flexibility index (Phi) is 2.91. The number of halogens is 1. The molecule has 3 heterocycles. The van der Waals surface area contributed by atoms with E-state index in [0.29, 0.717) is 0 Å². The minimum atomic E-state index is 0.869. The first-order chi connectivity index (χ1) is 8.74. The highest BCUT2D eigenvalue weighted by atomic mass is 79.9. The van der Waals surface area contributed by atoms with E-state index >= 15 is 0 Å². The summed E-state index contributed by atoms with van der Waals surface area (Å²) in [6.45, 7) is 3.82. The van der Waals surface area contributed by atoms with Crippen molar-refractivity contribution in [1.29, 1.82) is 0 Å². The molecule has 0 aromatic carbocycles. The van der Waals surface area contributed by atoms with Crippen LogP contribution in [0.5, 0.6) is 0 Å². The van der Waals surface area contributed by atoms with E-state index < -0.39 is 0 Å². The quantitative estimate of drug-likeness (QED) is 0.697. The van der Waals surface area contributed by atoms with Gasteiger partial charge in [-0.25, -0.2) is 9.97 Å². The third-order valence-corrected chi connectivity index (χ3v) is 3.52. The zero-order valence-electron chi connectivity index (χ0n) is 10.0. The Bertz CT molecular complexity index is 683. The minimum absolute atomic E-state index is 0.869. The average molecular weight is 305 g/mol. The molecule has 0 atom stereocenters. The van der Waals surface area contributed by atoms with E-state index in [4.69, 9.17) is 0 Å². The summed E-state index contributed by atoms with van der Waals surface area (Å²) < 4.78 is 5.18. The van der Waals surface area contributed by atoms with Gasteiger partial charge < -0.3 is 9.13 Å². The van der Waals surface area contributed by atoms with Crippen LogP contribution in [0.25, 0.3) is 11.0 Å². The van der Waals surface area contributed by atoms with Crippen LogP contribution < -0.4 is 0 Å². The molecule has 0 aliphatic rings. The minimum Gasteiger partial charge on any atom is -0.333 e. The van der Waals surface area contributed by atoms with Crippen LogP contribution in [0.2, 0.25) is 0 Å². The molecule has 0 saturated heterocycles. The van der Waals surface area contributed by atoms with E-state index in [1.165, 1.54) is 5.39 Å². The number of rotatable bonds is 3. The van der Waals surface area contributed by atoms with Gasteiger partial charge in [-0.1, -0.05) is 0 Å². The van der Waals surface area contributed by atoms with Gasteiger partial charge in [0.25, 0.3) is 0 Å². The van der Waals surface area contributed by atoms with Crippen LogP contribution in [0.3, 0.4) is 0 Å². The second-order valence-electron chi connectivity index (χ2n) is 4.22. The zero-order valence-corrected chi connectivity index (χ0v) is 11.6. The number of hydrogen-bond donors (Lipinski definition) is 0.